The van der Waals surface area contributed by atoms with Crippen molar-refractivity contribution in [3.63, 3.8) is 0 Å². The first-order valence-corrected chi connectivity index (χ1v) is 7.16. The first kappa shape index (κ1) is 14.1. The van der Waals surface area contributed by atoms with Crippen LogP contribution in [-0.2, 0) is 0 Å². The van der Waals surface area contributed by atoms with Crippen LogP contribution < -0.4 is 15.4 Å². The summed E-state index contributed by atoms with van der Waals surface area (Å²) in [6.07, 6.45) is 1.23. The zero-order valence-electron chi connectivity index (χ0n) is 11.8. The Morgan fingerprint density at radius 1 is 1.47 bits per heavy atom. The topological polar surface area (TPSA) is 38.5 Å². The Bertz CT molecular complexity index is 473. The third kappa shape index (κ3) is 3.00. The molecule has 1 saturated heterocycles. The molecule has 0 spiro atoms. The fourth-order valence-corrected chi connectivity index (χ4v) is 2.83. The van der Waals surface area contributed by atoms with Gasteiger partial charge in [0.2, 0.25) is 0 Å². The van der Waals surface area contributed by atoms with Gasteiger partial charge in [-0.05, 0) is 30.4 Å². The van der Waals surface area contributed by atoms with Crippen molar-refractivity contribution in [3.8, 4) is 5.75 Å². The second-order valence-electron chi connectivity index (χ2n) is 5.49. The van der Waals surface area contributed by atoms with E-state index in [9.17, 15) is 0 Å². The molecule has 104 valence electrons. The first-order valence-electron chi connectivity index (χ1n) is 6.75. The fraction of sp³-hybridized carbons (Fsp3) is 0.533. The summed E-state index contributed by atoms with van der Waals surface area (Å²) in [5.74, 6) is 2.30. The van der Waals surface area contributed by atoms with E-state index in [0.717, 1.165) is 36.0 Å². The summed E-state index contributed by atoms with van der Waals surface area (Å²) >= 11 is 5.16. The second kappa shape index (κ2) is 5.78. The fourth-order valence-electron chi connectivity index (χ4n) is 2.66. The van der Waals surface area contributed by atoms with Crippen LogP contribution in [0.1, 0.15) is 25.8 Å². The quantitative estimate of drug-likeness (QED) is 0.860. The maximum atomic E-state index is 5.83. The van der Waals surface area contributed by atoms with E-state index in [1.165, 1.54) is 6.42 Å². The van der Waals surface area contributed by atoms with Crippen molar-refractivity contribution in [2.24, 2.45) is 17.6 Å². The monoisotopic (exact) mass is 278 g/mol. The zero-order valence-corrected chi connectivity index (χ0v) is 12.7. The molecule has 0 radical (unpaired) electrons. The average Bonchev–Trinajstić information content (AvgIpc) is 2.87. The van der Waals surface area contributed by atoms with Gasteiger partial charge in [0.05, 0.1) is 12.8 Å². The van der Waals surface area contributed by atoms with Crippen molar-refractivity contribution in [2.45, 2.75) is 20.3 Å². The number of nitrogens with two attached hydrogens (primary N) is 1. The van der Waals surface area contributed by atoms with Crippen molar-refractivity contribution >= 4 is 22.9 Å². The van der Waals surface area contributed by atoms with E-state index < -0.39 is 0 Å². The molecule has 0 saturated carbocycles. The number of benzene rings is 1. The molecular formula is C15H22N2OS. The molecule has 1 heterocycles. The summed E-state index contributed by atoms with van der Waals surface area (Å²) in [5.41, 5.74) is 7.88. The predicted octanol–water partition coefficient (Wildman–Crippen LogP) is 2.81. The van der Waals surface area contributed by atoms with Crippen molar-refractivity contribution in [1.29, 1.82) is 0 Å². The van der Waals surface area contributed by atoms with Gasteiger partial charge >= 0.3 is 0 Å². The van der Waals surface area contributed by atoms with Gasteiger partial charge in [-0.1, -0.05) is 26.1 Å². The van der Waals surface area contributed by atoms with Crippen molar-refractivity contribution < 1.29 is 4.74 Å². The molecule has 4 heteroatoms. The number of methoxy groups -OCH3 is 1. The second-order valence-corrected chi connectivity index (χ2v) is 5.93. The Balaban J connectivity index is 2.30. The van der Waals surface area contributed by atoms with E-state index in [-0.39, 0.29) is 0 Å². The molecule has 0 amide bonds. The van der Waals surface area contributed by atoms with E-state index in [1.807, 2.05) is 18.2 Å². The van der Waals surface area contributed by atoms with Crippen molar-refractivity contribution in [3.05, 3.63) is 23.8 Å². The van der Waals surface area contributed by atoms with E-state index in [0.29, 0.717) is 10.9 Å². The van der Waals surface area contributed by atoms with Crippen LogP contribution in [0.15, 0.2) is 18.2 Å². The molecule has 1 aliphatic heterocycles. The minimum Gasteiger partial charge on any atom is -0.497 e. The van der Waals surface area contributed by atoms with Gasteiger partial charge < -0.3 is 15.4 Å². The van der Waals surface area contributed by atoms with E-state index >= 15 is 0 Å². The molecule has 19 heavy (non-hydrogen) atoms. The number of hydrogen-bond donors (Lipinski definition) is 1. The van der Waals surface area contributed by atoms with Crippen LogP contribution in [0.3, 0.4) is 0 Å². The third-order valence-electron chi connectivity index (χ3n) is 3.98. The van der Waals surface area contributed by atoms with Crippen LogP contribution in [0.4, 0.5) is 5.69 Å². The summed E-state index contributed by atoms with van der Waals surface area (Å²) in [5, 5.41) is 0. The van der Waals surface area contributed by atoms with Crippen LogP contribution in [-0.4, -0.2) is 25.2 Å². The lowest BCUT2D eigenvalue weighted by molar-refractivity contribution is 0.414. The highest BCUT2D eigenvalue weighted by Crippen LogP contribution is 2.32. The summed E-state index contributed by atoms with van der Waals surface area (Å²) < 4.78 is 5.31. The first-order chi connectivity index (χ1) is 9.02. The summed E-state index contributed by atoms with van der Waals surface area (Å²) in [4.78, 5) is 2.83. The molecule has 1 fully saturated rings. The molecule has 1 aliphatic rings. The highest BCUT2D eigenvalue weighted by Gasteiger charge is 2.26. The lowest BCUT2D eigenvalue weighted by Gasteiger charge is -2.23. The van der Waals surface area contributed by atoms with Crippen molar-refractivity contribution in [1.82, 2.24) is 0 Å². The van der Waals surface area contributed by atoms with Crippen molar-refractivity contribution in [2.75, 3.05) is 25.1 Å². The van der Waals surface area contributed by atoms with Gasteiger partial charge in [0.1, 0.15) is 10.7 Å². The van der Waals surface area contributed by atoms with Crippen LogP contribution >= 0.6 is 12.2 Å². The molecule has 1 aromatic rings. The summed E-state index contributed by atoms with van der Waals surface area (Å²) in [6, 6.07) is 5.91. The summed E-state index contributed by atoms with van der Waals surface area (Å²) in [6.45, 7) is 6.70. The smallest absolute Gasteiger partial charge is 0.120 e. The van der Waals surface area contributed by atoms with E-state index in [1.54, 1.807) is 7.11 Å². The Morgan fingerprint density at radius 3 is 2.74 bits per heavy atom. The van der Waals surface area contributed by atoms with E-state index in [4.69, 9.17) is 22.7 Å². The van der Waals surface area contributed by atoms with Crippen LogP contribution in [0.25, 0.3) is 0 Å². The van der Waals surface area contributed by atoms with Crippen LogP contribution in [0, 0.1) is 11.8 Å². The van der Waals surface area contributed by atoms with Crippen LogP contribution in [0.2, 0.25) is 0 Å². The molecular weight excluding hydrogens is 256 g/mol. The minimum atomic E-state index is 0.450. The Labute approximate surface area is 120 Å². The highest BCUT2D eigenvalue weighted by atomic mass is 32.1. The summed E-state index contributed by atoms with van der Waals surface area (Å²) in [7, 11) is 1.68. The third-order valence-corrected chi connectivity index (χ3v) is 4.20. The van der Waals surface area contributed by atoms with Gasteiger partial charge in [-0.2, -0.15) is 0 Å². The number of thiocarbonyl (C=S) groups is 1. The lowest BCUT2D eigenvalue weighted by Crippen LogP contribution is -2.24. The van der Waals surface area contributed by atoms with Gasteiger partial charge in [-0.3, -0.25) is 0 Å². The Morgan fingerprint density at radius 2 is 2.21 bits per heavy atom. The number of hydrogen-bond acceptors (Lipinski definition) is 3. The average molecular weight is 278 g/mol. The molecule has 1 aromatic carbocycles. The van der Waals surface area contributed by atoms with Gasteiger partial charge in [-0.25, -0.2) is 0 Å². The lowest BCUT2D eigenvalue weighted by atomic mass is 9.95. The van der Waals surface area contributed by atoms with Crippen LogP contribution in [0.5, 0.6) is 5.75 Å². The molecule has 0 bridgehead atoms. The largest absolute Gasteiger partial charge is 0.497 e. The Kier molecular flexibility index (Phi) is 4.30. The molecule has 3 nitrogen and oxygen atoms in total. The minimum absolute atomic E-state index is 0.450. The predicted molar refractivity (Wildman–Crippen MR) is 84.0 cm³/mol. The zero-order chi connectivity index (χ0) is 14.0. The van der Waals surface area contributed by atoms with Gasteiger partial charge in [0.15, 0.2) is 0 Å². The highest BCUT2D eigenvalue weighted by molar-refractivity contribution is 7.80. The number of nitrogens with zero attached hydrogens (tertiary/aromatic N) is 1. The molecule has 2 N–H and O–H groups in total. The number of ether oxygens (including phenoxy) is 1. The van der Waals surface area contributed by atoms with Gasteiger partial charge in [0.25, 0.3) is 0 Å². The van der Waals surface area contributed by atoms with Gasteiger partial charge in [0, 0.05) is 24.7 Å². The maximum absolute atomic E-state index is 5.83. The molecule has 1 unspecified atom stereocenters. The Hall–Kier alpha value is -1.29. The molecule has 0 aliphatic carbocycles. The molecule has 2 rings (SSSR count). The number of rotatable bonds is 4. The molecule has 1 atom stereocenters. The number of anilines is 1. The molecule has 0 aromatic heterocycles. The van der Waals surface area contributed by atoms with Gasteiger partial charge in [-0.15, -0.1) is 0 Å². The van der Waals surface area contributed by atoms with E-state index in [2.05, 4.69) is 18.7 Å². The SMILES string of the molecule is COc1ccc(C(N)=S)c(N2CCC(C(C)C)C2)c1. The normalized spacial score (nSPS) is 18.9. The standard InChI is InChI=1S/C15H22N2OS/c1-10(2)11-6-7-17(9-11)14-8-12(18-3)4-5-13(14)15(16)19/h4-5,8,10-11H,6-7,9H2,1-3H3,(H2,16,19). The maximum Gasteiger partial charge on any atom is 0.120 e.